The van der Waals surface area contributed by atoms with Crippen molar-refractivity contribution in [3.63, 3.8) is 0 Å². The monoisotopic (exact) mass is 322 g/mol. The molecule has 2 aromatic heterocycles. The molecule has 0 aliphatic rings. The number of rotatable bonds is 3. The number of thiophene rings is 1. The van der Waals surface area contributed by atoms with Gasteiger partial charge in [0, 0.05) is 17.8 Å². The van der Waals surface area contributed by atoms with Gasteiger partial charge < -0.3 is 0 Å². The Morgan fingerprint density at radius 3 is 2.80 bits per heavy atom. The van der Waals surface area contributed by atoms with Gasteiger partial charge in [0.1, 0.15) is 4.70 Å². The van der Waals surface area contributed by atoms with Gasteiger partial charge in [-0.05, 0) is 29.1 Å². The number of benzene rings is 1. The van der Waals surface area contributed by atoms with E-state index >= 15 is 0 Å². The van der Waals surface area contributed by atoms with Gasteiger partial charge in [0.25, 0.3) is 5.56 Å². The molecule has 0 aliphatic heterocycles. The number of hydrogen-bond donors (Lipinski definition) is 0. The van der Waals surface area contributed by atoms with E-state index in [1.807, 2.05) is 35.7 Å². The Morgan fingerprint density at radius 1 is 1.30 bits per heavy atom. The van der Waals surface area contributed by atoms with Crippen molar-refractivity contribution in [3.8, 4) is 0 Å². The number of thioether (sulfide) groups is 1. The minimum absolute atomic E-state index is 0.0172. The van der Waals surface area contributed by atoms with Crippen LogP contribution in [-0.2, 0) is 12.8 Å². The molecule has 0 spiro atoms. The van der Waals surface area contributed by atoms with Crippen molar-refractivity contribution < 1.29 is 0 Å². The lowest BCUT2D eigenvalue weighted by Gasteiger charge is -2.07. The Morgan fingerprint density at radius 2 is 2.05 bits per heavy atom. The predicted molar refractivity (Wildman–Crippen MR) is 85.9 cm³/mol. The largest absolute Gasteiger partial charge is 0.290 e. The van der Waals surface area contributed by atoms with Gasteiger partial charge in [-0.3, -0.25) is 9.36 Å². The third-order valence-corrected chi connectivity index (χ3v) is 5.17. The minimum atomic E-state index is 0.0172. The summed E-state index contributed by atoms with van der Waals surface area (Å²) in [6.45, 7) is 0. The van der Waals surface area contributed by atoms with Gasteiger partial charge in [-0.1, -0.05) is 35.5 Å². The van der Waals surface area contributed by atoms with Crippen molar-refractivity contribution in [1.29, 1.82) is 0 Å². The molecule has 0 saturated carbocycles. The first-order valence-electron chi connectivity index (χ1n) is 5.96. The maximum absolute atomic E-state index is 12.2. The Bertz CT molecular complexity index is 808. The summed E-state index contributed by atoms with van der Waals surface area (Å²) in [5.41, 5.74) is 1.94. The molecular weight excluding hydrogens is 312 g/mol. The summed E-state index contributed by atoms with van der Waals surface area (Å²) < 4.78 is 2.32. The Hall–Kier alpha value is -1.30. The van der Waals surface area contributed by atoms with Crippen molar-refractivity contribution in [2.24, 2.45) is 7.05 Å². The molecular formula is C14H11ClN2OS2. The van der Waals surface area contributed by atoms with E-state index in [1.165, 1.54) is 11.3 Å². The van der Waals surface area contributed by atoms with Crippen LogP contribution in [0, 0.1) is 0 Å². The average Bonchev–Trinajstić information content (AvgIpc) is 2.91. The molecule has 20 heavy (non-hydrogen) atoms. The molecule has 0 bridgehead atoms. The van der Waals surface area contributed by atoms with Crippen LogP contribution in [0.25, 0.3) is 10.2 Å². The highest BCUT2D eigenvalue weighted by molar-refractivity contribution is 7.98. The molecule has 102 valence electrons. The maximum atomic E-state index is 12.2. The molecule has 3 aromatic rings. The van der Waals surface area contributed by atoms with Crippen LogP contribution in [0.3, 0.4) is 0 Å². The summed E-state index contributed by atoms with van der Waals surface area (Å²) in [7, 11) is 1.76. The van der Waals surface area contributed by atoms with Crippen LogP contribution in [0.15, 0.2) is 45.7 Å². The Labute approximate surface area is 129 Å². The lowest BCUT2D eigenvalue weighted by molar-refractivity contribution is 0.728. The van der Waals surface area contributed by atoms with E-state index in [1.54, 1.807) is 23.4 Å². The van der Waals surface area contributed by atoms with Crippen LogP contribution in [0.4, 0.5) is 0 Å². The van der Waals surface area contributed by atoms with Crippen molar-refractivity contribution in [2.45, 2.75) is 10.9 Å². The number of hydrogen-bond acceptors (Lipinski definition) is 4. The predicted octanol–water partition coefficient (Wildman–Crippen LogP) is 3.94. The van der Waals surface area contributed by atoms with E-state index in [0.29, 0.717) is 4.70 Å². The highest BCUT2D eigenvalue weighted by Crippen LogP contribution is 2.23. The molecule has 0 aliphatic carbocycles. The summed E-state index contributed by atoms with van der Waals surface area (Å²) in [6.07, 6.45) is 0. The normalized spacial score (nSPS) is 11.1. The van der Waals surface area contributed by atoms with Crippen LogP contribution in [-0.4, -0.2) is 9.55 Å². The molecule has 0 unspecified atom stereocenters. The average molecular weight is 323 g/mol. The molecule has 3 rings (SSSR count). The van der Waals surface area contributed by atoms with Crippen LogP contribution < -0.4 is 5.56 Å². The highest BCUT2D eigenvalue weighted by Gasteiger charge is 2.09. The van der Waals surface area contributed by atoms with Gasteiger partial charge in [-0.15, -0.1) is 11.3 Å². The highest BCUT2D eigenvalue weighted by atomic mass is 35.5. The molecule has 3 nitrogen and oxygen atoms in total. The van der Waals surface area contributed by atoms with Crippen molar-refractivity contribution >= 4 is 44.9 Å². The van der Waals surface area contributed by atoms with Gasteiger partial charge in [-0.25, -0.2) is 4.98 Å². The SMILES string of the molecule is Cn1c(SCc2ccc(Cl)cc2)nc2ccsc2c1=O. The molecule has 1 aromatic carbocycles. The number of aromatic nitrogens is 2. The van der Waals surface area contributed by atoms with E-state index in [0.717, 1.165) is 27.0 Å². The van der Waals surface area contributed by atoms with Crippen molar-refractivity contribution in [3.05, 3.63) is 56.7 Å². The Kier molecular flexibility index (Phi) is 3.83. The second-order valence-electron chi connectivity index (χ2n) is 4.31. The summed E-state index contributed by atoms with van der Waals surface area (Å²) in [4.78, 5) is 16.7. The summed E-state index contributed by atoms with van der Waals surface area (Å²) in [5, 5.41) is 3.35. The van der Waals surface area contributed by atoms with Crippen LogP contribution >= 0.6 is 34.7 Å². The lowest BCUT2D eigenvalue weighted by atomic mass is 10.2. The van der Waals surface area contributed by atoms with E-state index in [4.69, 9.17) is 11.6 Å². The van der Waals surface area contributed by atoms with E-state index in [9.17, 15) is 4.79 Å². The van der Waals surface area contributed by atoms with E-state index in [2.05, 4.69) is 4.98 Å². The first kappa shape index (κ1) is 13.7. The number of fused-ring (bicyclic) bond motifs is 1. The third kappa shape index (κ3) is 2.61. The fourth-order valence-electron chi connectivity index (χ4n) is 1.83. The van der Waals surface area contributed by atoms with Gasteiger partial charge in [0.05, 0.1) is 5.52 Å². The molecule has 0 fully saturated rings. The Balaban J connectivity index is 1.89. The van der Waals surface area contributed by atoms with Crippen LogP contribution in [0.1, 0.15) is 5.56 Å². The third-order valence-electron chi connectivity index (χ3n) is 2.93. The fourth-order valence-corrected chi connectivity index (χ4v) is 3.68. The maximum Gasteiger partial charge on any atom is 0.271 e. The molecule has 0 saturated heterocycles. The fraction of sp³-hybridized carbons (Fsp3) is 0.143. The standard InChI is InChI=1S/C14H11ClN2OS2/c1-17-13(18)12-11(6-7-19-12)16-14(17)20-8-9-2-4-10(15)5-3-9/h2-7H,8H2,1H3. The lowest BCUT2D eigenvalue weighted by Crippen LogP contribution is -2.18. The number of nitrogens with zero attached hydrogens (tertiary/aromatic N) is 2. The summed E-state index contributed by atoms with van der Waals surface area (Å²) in [5.74, 6) is 0.757. The topological polar surface area (TPSA) is 34.9 Å². The van der Waals surface area contributed by atoms with Gasteiger partial charge in [0.2, 0.25) is 0 Å². The van der Waals surface area contributed by atoms with E-state index in [-0.39, 0.29) is 5.56 Å². The zero-order valence-corrected chi connectivity index (χ0v) is 13.1. The first-order chi connectivity index (χ1) is 9.65. The van der Waals surface area contributed by atoms with Gasteiger partial charge in [-0.2, -0.15) is 0 Å². The number of halogens is 1. The quantitative estimate of drug-likeness (QED) is 0.541. The van der Waals surface area contributed by atoms with Gasteiger partial charge in [0.15, 0.2) is 5.16 Å². The van der Waals surface area contributed by atoms with Crippen molar-refractivity contribution in [1.82, 2.24) is 9.55 Å². The molecule has 6 heteroatoms. The summed E-state index contributed by atoms with van der Waals surface area (Å²) >= 11 is 8.85. The van der Waals surface area contributed by atoms with Crippen molar-refractivity contribution in [2.75, 3.05) is 0 Å². The first-order valence-corrected chi connectivity index (χ1v) is 8.21. The summed E-state index contributed by atoms with van der Waals surface area (Å²) in [6, 6.07) is 9.58. The zero-order chi connectivity index (χ0) is 14.1. The zero-order valence-electron chi connectivity index (χ0n) is 10.7. The molecule has 2 heterocycles. The minimum Gasteiger partial charge on any atom is -0.290 e. The van der Waals surface area contributed by atoms with Crippen LogP contribution in [0.5, 0.6) is 0 Å². The molecule has 0 N–H and O–H groups in total. The molecule has 0 atom stereocenters. The van der Waals surface area contributed by atoms with Crippen LogP contribution in [0.2, 0.25) is 5.02 Å². The van der Waals surface area contributed by atoms with E-state index < -0.39 is 0 Å². The second-order valence-corrected chi connectivity index (χ2v) is 6.60. The molecule has 0 amide bonds. The smallest absolute Gasteiger partial charge is 0.271 e. The molecule has 0 radical (unpaired) electrons. The second kappa shape index (κ2) is 5.60. The van der Waals surface area contributed by atoms with Gasteiger partial charge >= 0.3 is 0 Å².